The van der Waals surface area contributed by atoms with Crippen LogP contribution >= 0.6 is 11.3 Å². The van der Waals surface area contributed by atoms with Crippen molar-refractivity contribution < 1.29 is 4.79 Å². The lowest BCUT2D eigenvalue weighted by Gasteiger charge is -2.35. The molecule has 1 amide bonds. The molecule has 0 aliphatic carbocycles. The van der Waals surface area contributed by atoms with E-state index in [2.05, 4.69) is 37.8 Å². The van der Waals surface area contributed by atoms with E-state index < -0.39 is 0 Å². The van der Waals surface area contributed by atoms with E-state index in [-0.39, 0.29) is 5.91 Å². The van der Waals surface area contributed by atoms with E-state index in [9.17, 15) is 4.79 Å². The maximum atomic E-state index is 12.4. The molecule has 0 spiro atoms. The average Bonchev–Trinajstić information content (AvgIpc) is 3.35. The number of carbonyl (C=O) groups excluding carboxylic acids is 1. The zero-order valence-corrected chi connectivity index (χ0v) is 15.4. The predicted molar refractivity (Wildman–Crippen MR) is 103 cm³/mol. The number of hydrogen-bond acceptors (Lipinski definition) is 6. The van der Waals surface area contributed by atoms with E-state index in [0.717, 1.165) is 41.2 Å². The van der Waals surface area contributed by atoms with Crippen molar-refractivity contribution in [2.75, 3.05) is 31.1 Å². The number of fused-ring (bicyclic) bond motifs is 1. The van der Waals surface area contributed by atoms with E-state index >= 15 is 0 Å². The maximum absolute atomic E-state index is 12.4. The minimum Gasteiger partial charge on any atom is -0.352 e. The van der Waals surface area contributed by atoms with Gasteiger partial charge in [0.15, 0.2) is 0 Å². The molecule has 1 fully saturated rings. The molecule has 0 bridgehead atoms. The predicted octanol–water partition coefficient (Wildman–Crippen LogP) is 2.34. The first-order valence-electron chi connectivity index (χ1n) is 8.68. The van der Waals surface area contributed by atoms with Gasteiger partial charge in [0.25, 0.3) is 0 Å². The Labute approximate surface area is 155 Å². The number of nitrogens with zero attached hydrogens (tertiary/aromatic N) is 5. The number of thiophene rings is 1. The molecule has 4 rings (SSSR count). The summed E-state index contributed by atoms with van der Waals surface area (Å²) in [6, 6.07) is 2.19. The summed E-state index contributed by atoms with van der Waals surface area (Å²) in [4.78, 5) is 34.6. The fraction of sp³-hybridized carbons (Fsp3) is 0.333. The Morgan fingerprint density at radius 3 is 2.88 bits per heavy atom. The molecule has 134 valence electrons. The van der Waals surface area contributed by atoms with Crippen molar-refractivity contribution in [3.8, 4) is 0 Å². The Kier molecular flexibility index (Phi) is 4.66. The molecule has 0 unspecified atom stereocenters. The molecule has 0 saturated carbocycles. The zero-order valence-electron chi connectivity index (χ0n) is 14.6. The van der Waals surface area contributed by atoms with Gasteiger partial charge in [0.05, 0.1) is 23.6 Å². The number of amides is 1. The second kappa shape index (κ2) is 7.25. The minimum absolute atomic E-state index is 0.0240. The summed E-state index contributed by atoms with van der Waals surface area (Å²) in [7, 11) is 0. The van der Waals surface area contributed by atoms with Crippen molar-refractivity contribution in [1.29, 1.82) is 0 Å². The lowest BCUT2D eigenvalue weighted by Crippen LogP contribution is -2.48. The van der Waals surface area contributed by atoms with Crippen molar-refractivity contribution in [3.05, 3.63) is 41.6 Å². The lowest BCUT2D eigenvalue weighted by atomic mass is 10.2. The summed E-state index contributed by atoms with van der Waals surface area (Å²) < 4.78 is 0. The normalized spacial score (nSPS) is 15.3. The summed E-state index contributed by atoms with van der Waals surface area (Å²) in [6.07, 6.45) is 9.28. The highest BCUT2D eigenvalue weighted by Crippen LogP contribution is 2.30. The Morgan fingerprint density at radius 2 is 2.15 bits per heavy atom. The van der Waals surface area contributed by atoms with Gasteiger partial charge in [-0.25, -0.2) is 15.0 Å². The Bertz CT molecular complexity index is 924. The SMILES string of the molecule is CCc1cc2c(N3CCN(C(=O)/C=C/c4cnc[nH]4)CC3)ncnc2s1. The van der Waals surface area contributed by atoms with E-state index in [0.29, 0.717) is 13.1 Å². The van der Waals surface area contributed by atoms with Crippen molar-refractivity contribution >= 4 is 39.4 Å². The van der Waals surface area contributed by atoms with E-state index in [4.69, 9.17) is 0 Å². The molecule has 26 heavy (non-hydrogen) atoms. The number of aromatic amines is 1. The third-order valence-electron chi connectivity index (χ3n) is 4.52. The third kappa shape index (κ3) is 3.32. The summed E-state index contributed by atoms with van der Waals surface area (Å²) in [6.45, 7) is 5.06. The summed E-state index contributed by atoms with van der Waals surface area (Å²) in [5.74, 6) is 1.00. The lowest BCUT2D eigenvalue weighted by molar-refractivity contribution is -0.126. The molecule has 0 radical (unpaired) electrons. The highest BCUT2D eigenvalue weighted by molar-refractivity contribution is 7.18. The van der Waals surface area contributed by atoms with Crippen LogP contribution < -0.4 is 4.90 Å². The van der Waals surface area contributed by atoms with Gasteiger partial charge >= 0.3 is 0 Å². The van der Waals surface area contributed by atoms with Crippen LogP contribution in [0.4, 0.5) is 5.82 Å². The van der Waals surface area contributed by atoms with Crippen LogP contribution in [0, 0.1) is 0 Å². The van der Waals surface area contributed by atoms with Gasteiger partial charge in [0, 0.05) is 37.1 Å². The zero-order chi connectivity index (χ0) is 17.9. The average molecular weight is 368 g/mol. The Balaban J connectivity index is 1.44. The van der Waals surface area contributed by atoms with Crippen LogP contribution in [0.1, 0.15) is 17.5 Å². The van der Waals surface area contributed by atoms with Gasteiger partial charge < -0.3 is 14.8 Å². The minimum atomic E-state index is 0.0240. The molecule has 3 aromatic heterocycles. The van der Waals surface area contributed by atoms with E-state index in [1.807, 2.05) is 4.90 Å². The van der Waals surface area contributed by atoms with Crippen molar-refractivity contribution in [2.24, 2.45) is 0 Å². The second-order valence-electron chi connectivity index (χ2n) is 6.13. The van der Waals surface area contributed by atoms with Crippen LogP contribution in [0.5, 0.6) is 0 Å². The van der Waals surface area contributed by atoms with Crippen molar-refractivity contribution in [3.63, 3.8) is 0 Å². The quantitative estimate of drug-likeness (QED) is 0.715. The summed E-state index contributed by atoms with van der Waals surface area (Å²) in [5, 5.41) is 1.12. The number of nitrogens with one attached hydrogen (secondary N) is 1. The Hall–Kier alpha value is -2.74. The number of carbonyl (C=O) groups is 1. The standard InChI is InChI=1S/C18H20N6OS/c1-2-14-9-15-17(21-12-22-18(15)26-14)24-7-5-23(6-8-24)16(25)4-3-13-10-19-11-20-13/h3-4,9-12H,2,5-8H2,1H3,(H,19,20)/b4-3+. The smallest absolute Gasteiger partial charge is 0.246 e. The highest BCUT2D eigenvalue weighted by Gasteiger charge is 2.22. The maximum Gasteiger partial charge on any atom is 0.246 e. The summed E-state index contributed by atoms with van der Waals surface area (Å²) in [5.41, 5.74) is 0.824. The number of hydrogen-bond donors (Lipinski definition) is 1. The van der Waals surface area contributed by atoms with E-state index in [1.54, 1.807) is 42.3 Å². The van der Waals surface area contributed by atoms with Crippen LogP contribution in [0.15, 0.2) is 31.0 Å². The van der Waals surface area contributed by atoms with Crippen LogP contribution in [-0.2, 0) is 11.2 Å². The van der Waals surface area contributed by atoms with E-state index in [1.165, 1.54) is 4.88 Å². The molecule has 1 N–H and O–H groups in total. The van der Waals surface area contributed by atoms with Gasteiger partial charge in [-0.05, 0) is 18.6 Å². The number of aryl methyl sites for hydroxylation is 1. The first kappa shape index (κ1) is 16.7. The number of imidazole rings is 1. The number of rotatable bonds is 4. The molecule has 0 atom stereocenters. The molecular formula is C18H20N6OS. The van der Waals surface area contributed by atoms with Gasteiger partial charge in [0.2, 0.25) is 5.91 Å². The molecule has 0 aromatic carbocycles. The fourth-order valence-corrected chi connectivity index (χ4v) is 4.01. The van der Waals surface area contributed by atoms with Gasteiger partial charge in [-0.3, -0.25) is 4.79 Å². The summed E-state index contributed by atoms with van der Waals surface area (Å²) >= 11 is 1.73. The van der Waals surface area contributed by atoms with Crippen LogP contribution in [-0.4, -0.2) is 56.9 Å². The van der Waals surface area contributed by atoms with Crippen molar-refractivity contribution in [2.45, 2.75) is 13.3 Å². The topological polar surface area (TPSA) is 78.0 Å². The molecule has 1 saturated heterocycles. The van der Waals surface area contributed by atoms with Crippen LogP contribution in [0.3, 0.4) is 0 Å². The Morgan fingerprint density at radius 1 is 1.31 bits per heavy atom. The molecule has 1 aliphatic rings. The van der Waals surface area contributed by atoms with Gasteiger partial charge in [-0.15, -0.1) is 11.3 Å². The van der Waals surface area contributed by atoms with Gasteiger partial charge in [-0.1, -0.05) is 6.92 Å². The number of H-pyrrole nitrogens is 1. The van der Waals surface area contributed by atoms with Crippen molar-refractivity contribution in [1.82, 2.24) is 24.8 Å². The van der Waals surface area contributed by atoms with Crippen LogP contribution in [0.2, 0.25) is 0 Å². The molecule has 1 aliphatic heterocycles. The first-order chi connectivity index (χ1) is 12.7. The first-order valence-corrected chi connectivity index (χ1v) is 9.50. The molecule has 7 nitrogen and oxygen atoms in total. The molecular weight excluding hydrogens is 348 g/mol. The van der Waals surface area contributed by atoms with Crippen LogP contribution in [0.25, 0.3) is 16.3 Å². The monoisotopic (exact) mass is 368 g/mol. The molecule has 3 aromatic rings. The number of piperazine rings is 1. The second-order valence-corrected chi connectivity index (χ2v) is 7.25. The number of anilines is 1. The number of aromatic nitrogens is 4. The van der Waals surface area contributed by atoms with Gasteiger partial charge in [0.1, 0.15) is 17.0 Å². The highest BCUT2D eigenvalue weighted by atomic mass is 32.1. The third-order valence-corrected chi connectivity index (χ3v) is 5.71. The molecule has 8 heteroatoms. The van der Waals surface area contributed by atoms with Gasteiger partial charge in [-0.2, -0.15) is 0 Å². The molecule has 4 heterocycles. The largest absolute Gasteiger partial charge is 0.352 e. The fourth-order valence-electron chi connectivity index (χ4n) is 3.08.